The largest absolute Gasteiger partial charge is 0.465 e. The molecule has 0 radical (unpaired) electrons. The molecule has 1 atom stereocenters. The van der Waals surface area contributed by atoms with Gasteiger partial charge in [0.05, 0.1) is 6.26 Å². The molecule has 0 fully saturated rings. The molecule has 1 heterocycles. The third-order valence-corrected chi connectivity index (χ3v) is 3.16. The molecule has 1 N–H and O–H groups in total. The van der Waals surface area contributed by atoms with Crippen LogP contribution in [0.2, 0.25) is 0 Å². The normalized spacial score (nSPS) is 12.8. The lowest BCUT2D eigenvalue weighted by atomic mass is 10.2. The van der Waals surface area contributed by atoms with Crippen LogP contribution in [0.5, 0.6) is 0 Å². The van der Waals surface area contributed by atoms with E-state index in [-0.39, 0.29) is 11.9 Å². The number of amides is 1. The monoisotopic (exact) mass is 253 g/mol. The standard InChI is InChI=1S/C13H19NO2S/c1-3-17-10-8-11(2)14-13(15)7-6-12-5-4-9-16-12/h4-7,9,11H,3,8,10H2,1-2H3,(H,14,15)/b7-6+. The Morgan fingerprint density at radius 2 is 2.47 bits per heavy atom. The van der Waals surface area contributed by atoms with Gasteiger partial charge in [0.2, 0.25) is 5.91 Å². The summed E-state index contributed by atoms with van der Waals surface area (Å²) in [6.45, 7) is 4.16. The second-order valence-electron chi connectivity index (χ2n) is 3.74. The van der Waals surface area contributed by atoms with Crippen molar-refractivity contribution in [3.63, 3.8) is 0 Å². The van der Waals surface area contributed by atoms with Crippen LogP contribution in [0.1, 0.15) is 26.0 Å². The van der Waals surface area contributed by atoms with Gasteiger partial charge in [0.1, 0.15) is 5.76 Å². The van der Waals surface area contributed by atoms with Crippen molar-refractivity contribution in [2.24, 2.45) is 0 Å². The van der Waals surface area contributed by atoms with E-state index in [4.69, 9.17) is 4.42 Å². The predicted molar refractivity (Wildman–Crippen MR) is 73.0 cm³/mol. The number of rotatable bonds is 7. The number of furan rings is 1. The van der Waals surface area contributed by atoms with E-state index in [1.165, 1.54) is 6.08 Å². The SMILES string of the molecule is CCSCCC(C)NC(=O)/C=C/c1ccco1. The van der Waals surface area contributed by atoms with Crippen molar-refractivity contribution in [2.75, 3.05) is 11.5 Å². The van der Waals surface area contributed by atoms with Gasteiger partial charge in [-0.05, 0) is 43.1 Å². The van der Waals surface area contributed by atoms with E-state index >= 15 is 0 Å². The van der Waals surface area contributed by atoms with E-state index in [0.29, 0.717) is 5.76 Å². The molecule has 3 nitrogen and oxygen atoms in total. The zero-order chi connectivity index (χ0) is 12.5. The molecule has 17 heavy (non-hydrogen) atoms. The van der Waals surface area contributed by atoms with Crippen LogP contribution >= 0.6 is 11.8 Å². The molecule has 0 aliphatic rings. The van der Waals surface area contributed by atoms with E-state index in [9.17, 15) is 4.79 Å². The van der Waals surface area contributed by atoms with Crippen molar-refractivity contribution in [1.82, 2.24) is 5.32 Å². The van der Waals surface area contributed by atoms with Crippen LogP contribution in [0.4, 0.5) is 0 Å². The van der Waals surface area contributed by atoms with Crippen LogP contribution in [0.3, 0.4) is 0 Å². The quantitative estimate of drug-likeness (QED) is 0.600. The number of thioether (sulfide) groups is 1. The summed E-state index contributed by atoms with van der Waals surface area (Å²) in [5.41, 5.74) is 0. The summed E-state index contributed by atoms with van der Waals surface area (Å²) in [6.07, 6.45) is 5.76. The topological polar surface area (TPSA) is 42.2 Å². The fraction of sp³-hybridized carbons (Fsp3) is 0.462. The van der Waals surface area contributed by atoms with Crippen LogP contribution in [0.15, 0.2) is 28.9 Å². The van der Waals surface area contributed by atoms with E-state index in [2.05, 4.69) is 12.2 Å². The van der Waals surface area contributed by atoms with Gasteiger partial charge in [0.15, 0.2) is 0 Å². The minimum absolute atomic E-state index is 0.0737. The molecule has 4 heteroatoms. The summed E-state index contributed by atoms with van der Waals surface area (Å²) >= 11 is 1.89. The summed E-state index contributed by atoms with van der Waals surface area (Å²) in [6, 6.07) is 3.82. The number of carbonyl (C=O) groups excluding carboxylic acids is 1. The highest BCUT2D eigenvalue weighted by atomic mass is 32.2. The van der Waals surface area contributed by atoms with Crippen LogP contribution in [-0.4, -0.2) is 23.5 Å². The molecule has 94 valence electrons. The van der Waals surface area contributed by atoms with Crippen molar-refractivity contribution in [3.05, 3.63) is 30.2 Å². The molecule has 0 bridgehead atoms. The van der Waals surface area contributed by atoms with Crippen LogP contribution in [0.25, 0.3) is 6.08 Å². The summed E-state index contributed by atoms with van der Waals surface area (Å²) < 4.78 is 5.10. The zero-order valence-electron chi connectivity index (χ0n) is 10.3. The molecule has 1 unspecified atom stereocenters. The highest BCUT2D eigenvalue weighted by molar-refractivity contribution is 7.99. The molecule has 1 aromatic rings. The Morgan fingerprint density at radius 1 is 1.65 bits per heavy atom. The smallest absolute Gasteiger partial charge is 0.244 e. The molecular formula is C13H19NO2S. The second-order valence-corrected chi connectivity index (χ2v) is 5.14. The fourth-order valence-electron chi connectivity index (χ4n) is 1.31. The van der Waals surface area contributed by atoms with Gasteiger partial charge in [-0.25, -0.2) is 0 Å². The van der Waals surface area contributed by atoms with E-state index in [1.54, 1.807) is 18.4 Å². The Kier molecular flexibility index (Phi) is 6.55. The van der Waals surface area contributed by atoms with E-state index in [0.717, 1.165) is 17.9 Å². The average Bonchev–Trinajstić information content (AvgIpc) is 2.79. The van der Waals surface area contributed by atoms with Crippen molar-refractivity contribution in [3.8, 4) is 0 Å². The lowest BCUT2D eigenvalue weighted by molar-refractivity contribution is -0.117. The molecule has 1 amide bonds. The molecule has 1 aromatic heterocycles. The molecule has 0 spiro atoms. The maximum atomic E-state index is 11.5. The summed E-state index contributed by atoms with van der Waals surface area (Å²) in [5, 5.41) is 2.92. The second kappa shape index (κ2) is 8.01. The Labute approximate surface area is 107 Å². The maximum Gasteiger partial charge on any atom is 0.244 e. The first-order chi connectivity index (χ1) is 8.22. The van der Waals surface area contributed by atoms with Gasteiger partial charge in [0.25, 0.3) is 0 Å². The highest BCUT2D eigenvalue weighted by Crippen LogP contribution is 2.04. The molecule has 0 aromatic carbocycles. The van der Waals surface area contributed by atoms with E-state index < -0.39 is 0 Å². The lowest BCUT2D eigenvalue weighted by Crippen LogP contribution is -2.31. The number of hydrogen-bond donors (Lipinski definition) is 1. The third-order valence-electron chi connectivity index (χ3n) is 2.23. The first-order valence-electron chi connectivity index (χ1n) is 5.82. The molecule has 1 rings (SSSR count). The number of carbonyl (C=O) groups is 1. The third kappa shape index (κ3) is 6.22. The van der Waals surface area contributed by atoms with Crippen LogP contribution in [0, 0.1) is 0 Å². The summed E-state index contributed by atoms with van der Waals surface area (Å²) in [4.78, 5) is 11.5. The zero-order valence-corrected chi connectivity index (χ0v) is 11.1. The Morgan fingerprint density at radius 3 is 3.12 bits per heavy atom. The van der Waals surface area contributed by atoms with Crippen molar-refractivity contribution in [1.29, 1.82) is 0 Å². The average molecular weight is 253 g/mol. The first kappa shape index (κ1) is 13.9. The van der Waals surface area contributed by atoms with E-state index in [1.807, 2.05) is 24.8 Å². The number of nitrogens with one attached hydrogen (secondary N) is 1. The van der Waals surface area contributed by atoms with Gasteiger partial charge in [0, 0.05) is 12.1 Å². The van der Waals surface area contributed by atoms with Gasteiger partial charge in [-0.1, -0.05) is 6.92 Å². The van der Waals surface area contributed by atoms with Gasteiger partial charge < -0.3 is 9.73 Å². The first-order valence-corrected chi connectivity index (χ1v) is 6.97. The minimum atomic E-state index is -0.0737. The lowest BCUT2D eigenvalue weighted by Gasteiger charge is -2.11. The van der Waals surface area contributed by atoms with Gasteiger partial charge >= 0.3 is 0 Å². The minimum Gasteiger partial charge on any atom is -0.465 e. The maximum absolute atomic E-state index is 11.5. The van der Waals surface area contributed by atoms with Gasteiger partial charge in [-0.3, -0.25) is 4.79 Å². The Hall–Kier alpha value is -1.16. The predicted octanol–water partition coefficient (Wildman–Crippen LogP) is 2.94. The molecule has 0 aliphatic carbocycles. The highest BCUT2D eigenvalue weighted by Gasteiger charge is 2.04. The molecule has 0 aliphatic heterocycles. The molecule has 0 saturated carbocycles. The summed E-state index contributed by atoms with van der Waals surface area (Å²) in [7, 11) is 0. The fourth-order valence-corrected chi connectivity index (χ4v) is 2.12. The van der Waals surface area contributed by atoms with Gasteiger partial charge in [-0.2, -0.15) is 11.8 Å². The van der Waals surface area contributed by atoms with Crippen molar-refractivity contribution in [2.45, 2.75) is 26.3 Å². The summed E-state index contributed by atoms with van der Waals surface area (Å²) in [5.74, 6) is 2.82. The van der Waals surface area contributed by atoms with Crippen molar-refractivity contribution < 1.29 is 9.21 Å². The number of hydrogen-bond acceptors (Lipinski definition) is 3. The van der Waals surface area contributed by atoms with Gasteiger partial charge in [-0.15, -0.1) is 0 Å². The van der Waals surface area contributed by atoms with Crippen molar-refractivity contribution >= 4 is 23.7 Å². The molecular weight excluding hydrogens is 234 g/mol. The van der Waals surface area contributed by atoms with Crippen LogP contribution in [-0.2, 0) is 4.79 Å². The molecule has 0 saturated heterocycles. The Balaban J connectivity index is 2.24. The Bertz CT molecular complexity index is 346. The van der Waals surface area contributed by atoms with Crippen LogP contribution < -0.4 is 5.32 Å².